The molecule has 3 N–H and O–H groups in total. The van der Waals surface area contributed by atoms with Crippen LogP contribution >= 0.6 is 11.3 Å². The van der Waals surface area contributed by atoms with E-state index in [1.807, 2.05) is 17.3 Å². The molecule has 0 spiro atoms. The Balaban J connectivity index is 2.10. The van der Waals surface area contributed by atoms with Crippen LogP contribution in [0.3, 0.4) is 0 Å². The Bertz CT molecular complexity index is 600. The van der Waals surface area contributed by atoms with E-state index in [2.05, 4.69) is 10.1 Å². The minimum Gasteiger partial charge on any atom is -0.409 e. The molecule has 0 atom stereocenters. The van der Waals surface area contributed by atoms with Crippen LogP contribution < -0.4 is 5.73 Å². The van der Waals surface area contributed by atoms with Crippen LogP contribution in [0.25, 0.3) is 0 Å². The molecule has 0 bridgehead atoms. The van der Waals surface area contributed by atoms with E-state index in [4.69, 9.17) is 10.9 Å². The lowest BCUT2D eigenvalue weighted by Crippen LogP contribution is -2.19. The molecule has 0 aliphatic carbocycles. The van der Waals surface area contributed by atoms with Gasteiger partial charge in [0, 0.05) is 24.0 Å². The van der Waals surface area contributed by atoms with Crippen LogP contribution in [0, 0.1) is 5.82 Å². The summed E-state index contributed by atoms with van der Waals surface area (Å²) in [7, 11) is 1.92. The second-order valence-electron chi connectivity index (χ2n) is 4.49. The van der Waals surface area contributed by atoms with Crippen molar-refractivity contribution in [2.75, 3.05) is 7.05 Å². The number of hydrogen-bond donors (Lipinski definition) is 2. The fourth-order valence-corrected chi connectivity index (χ4v) is 2.46. The number of amidine groups is 1. The molecule has 1 aromatic carbocycles. The first kappa shape index (κ1) is 14.4. The van der Waals surface area contributed by atoms with Gasteiger partial charge in [-0.2, -0.15) is 0 Å². The number of nitrogens with zero attached hydrogens (tertiary/aromatic N) is 3. The SMILES string of the molecule is CN(Cc1cc(F)cc(/C(N)=N/O)c1)Cc1cscn1. The largest absolute Gasteiger partial charge is 0.409 e. The lowest BCUT2D eigenvalue weighted by Gasteiger charge is -2.16. The zero-order chi connectivity index (χ0) is 14.5. The highest BCUT2D eigenvalue weighted by Crippen LogP contribution is 2.13. The number of halogens is 1. The third-order valence-electron chi connectivity index (χ3n) is 2.73. The van der Waals surface area contributed by atoms with Crippen LogP contribution in [-0.2, 0) is 13.1 Å². The van der Waals surface area contributed by atoms with Crippen molar-refractivity contribution < 1.29 is 9.60 Å². The summed E-state index contributed by atoms with van der Waals surface area (Å²) in [4.78, 5) is 6.22. The number of rotatable bonds is 5. The number of nitrogens with two attached hydrogens (primary N) is 1. The van der Waals surface area contributed by atoms with Crippen molar-refractivity contribution in [3.8, 4) is 0 Å². The van der Waals surface area contributed by atoms with E-state index in [0.717, 1.165) is 11.3 Å². The van der Waals surface area contributed by atoms with Gasteiger partial charge in [-0.15, -0.1) is 11.3 Å². The van der Waals surface area contributed by atoms with Gasteiger partial charge in [0.15, 0.2) is 5.84 Å². The van der Waals surface area contributed by atoms with E-state index in [1.54, 1.807) is 22.9 Å². The lowest BCUT2D eigenvalue weighted by atomic mass is 10.1. The molecule has 0 saturated heterocycles. The smallest absolute Gasteiger partial charge is 0.170 e. The monoisotopic (exact) mass is 294 g/mol. The average Bonchev–Trinajstić information content (AvgIpc) is 2.89. The Hall–Kier alpha value is -1.99. The zero-order valence-corrected chi connectivity index (χ0v) is 11.8. The third-order valence-corrected chi connectivity index (χ3v) is 3.36. The van der Waals surface area contributed by atoms with Crippen molar-refractivity contribution in [2.24, 2.45) is 10.9 Å². The maximum Gasteiger partial charge on any atom is 0.170 e. The Kier molecular flexibility index (Phi) is 4.65. The van der Waals surface area contributed by atoms with Gasteiger partial charge >= 0.3 is 0 Å². The Morgan fingerprint density at radius 3 is 2.90 bits per heavy atom. The molecule has 0 amide bonds. The molecule has 0 saturated carbocycles. The van der Waals surface area contributed by atoms with Crippen LogP contribution in [0.2, 0.25) is 0 Å². The molecular formula is C13H15FN4OS. The number of hydrogen-bond acceptors (Lipinski definition) is 5. The molecule has 20 heavy (non-hydrogen) atoms. The summed E-state index contributed by atoms with van der Waals surface area (Å²) < 4.78 is 13.5. The van der Waals surface area contributed by atoms with E-state index < -0.39 is 5.82 Å². The summed E-state index contributed by atoms with van der Waals surface area (Å²) in [5.41, 5.74) is 9.36. The van der Waals surface area contributed by atoms with Crippen molar-refractivity contribution in [2.45, 2.75) is 13.1 Å². The molecule has 0 unspecified atom stereocenters. The van der Waals surface area contributed by atoms with Crippen molar-refractivity contribution in [3.63, 3.8) is 0 Å². The van der Waals surface area contributed by atoms with Crippen LogP contribution in [0.4, 0.5) is 4.39 Å². The van der Waals surface area contributed by atoms with Crippen molar-refractivity contribution in [1.82, 2.24) is 9.88 Å². The van der Waals surface area contributed by atoms with E-state index in [0.29, 0.717) is 18.7 Å². The fourth-order valence-electron chi connectivity index (χ4n) is 1.91. The Morgan fingerprint density at radius 2 is 2.25 bits per heavy atom. The Morgan fingerprint density at radius 1 is 1.45 bits per heavy atom. The number of thiazole rings is 1. The number of benzene rings is 1. The van der Waals surface area contributed by atoms with Gasteiger partial charge in [0.2, 0.25) is 0 Å². The molecule has 5 nitrogen and oxygen atoms in total. The third kappa shape index (κ3) is 3.75. The van der Waals surface area contributed by atoms with Gasteiger partial charge in [0.1, 0.15) is 5.82 Å². The minimum atomic E-state index is -0.411. The molecule has 7 heteroatoms. The minimum absolute atomic E-state index is 0.104. The van der Waals surface area contributed by atoms with Crippen LogP contribution in [0.1, 0.15) is 16.8 Å². The summed E-state index contributed by atoms with van der Waals surface area (Å²) in [6, 6.07) is 4.38. The van der Waals surface area contributed by atoms with Gasteiger partial charge in [-0.3, -0.25) is 4.90 Å². The van der Waals surface area contributed by atoms with E-state index in [9.17, 15) is 4.39 Å². The predicted molar refractivity (Wildman–Crippen MR) is 76.2 cm³/mol. The standard InChI is InChI=1S/C13H15FN4OS/c1-18(6-12-7-20-8-16-12)5-9-2-10(13(15)17-19)4-11(14)3-9/h2-4,7-8,19H,5-6H2,1H3,(H2,15,17). The van der Waals surface area contributed by atoms with Gasteiger partial charge in [0.05, 0.1) is 11.2 Å². The van der Waals surface area contributed by atoms with Crippen LogP contribution in [-0.4, -0.2) is 28.0 Å². The van der Waals surface area contributed by atoms with Gasteiger partial charge in [0.25, 0.3) is 0 Å². The van der Waals surface area contributed by atoms with Crippen molar-refractivity contribution in [1.29, 1.82) is 0 Å². The maximum atomic E-state index is 13.5. The molecule has 106 valence electrons. The summed E-state index contributed by atoms with van der Waals surface area (Å²) in [6.07, 6.45) is 0. The van der Waals surface area contributed by atoms with Crippen LogP contribution in [0.15, 0.2) is 34.2 Å². The van der Waals surface area contributed by atoms with Crippen LogP contribution in [0.5, 0.6) is 0 Å². The molecule has 0 radical (unpaired) electrons. The molecule has 1 heterocycles. The second kappa shape index (κ2) is 6.44. The highest BCUT2D eigenvalue weighted by molar-refractivity contribution is 7.07. The van der Waals surface area contributed by atoms with E-state index in [1.165, 1.54) is 12.1 Å². The van der Waals surface area contributed by atoms with Gasteiger partial charge in [-0.05, 0) is 30.8 Å². The zero-order valence-electron chi connectivity index (χ0n) is 11.0. The molecule has 0 aliphatic heterocycles. The summed E-state index contributed by atoms with van der Waals surface area (Å²) in [5.74, 6) is -0.515. The molecular weight excluding hydrogens is 279 g/mol. The number of aromatic nitrogens is 1. The van der Waals surface area contributed by atoms with E-state index >= 15 is 0 Å². The normalized spacial score (nSPS) is 12.1. The Labute approximate surface area is 120 Å². The van der Waals surface area contributed by atoms with Crippen molar-refractivity contribution in [3.05, 3.63) is 51.7 Å². The van der Waals surface area contributed by atoms with Gasteiger partial charge in [-0.25, -0.2) is 9.37 Å². The second-order valence-corrected chi connectivity index (χ2v) is 5.20. The highest BCUT2D eigenvalue weighted by Gasteiger charge is 2.08. The maximum absolute atomic E-state index is 13.5. The summed E-state index contributed by atoms with van der Waals surface area (Å²) >= 11 is 1.54. The van der Waals surface area contributed by atoms with E-state index in [-0.39, 0.29) is 5.84 Å². The van der Waals surface area contributed by atoms with Crippen molar-refractivity contribution >= 4 is 17.2 Å². The first-order chi connectivity index (χ1) is 9.58. The lowest BCUT2D eigenvalue weighted by molar-refractivity contribution is 0.315. The molecule has 2 rings (SSSR count). The average molecular weight is 294 g/mol. The van der Waals surface area contributed by atoms with Gasteiger partial charge < -0.3 is 10.9 Å². The molecule has 2 aromatic rings. The topological polar surface area (TPSA) is 74.7 Å². The predicted octanol–water partition coefficient (Wildman–Crippen LogP) is 2.01. The molecule has 0 fully saturated rings. The highest BCUT2D eigenvalue weighted by atomic mass is 32.1. The summed E-state index contributed by atoms with van der Waals surface area (Å²) in [5, 5.41) is 13.5. The quantitative estimate of drug-likeness (QED) is 0.383. The fraction of sp³-hybridized carbons (Fsp3) is 0.231. The number of oxime groups is 1. The van der Waals surface area contributed by atoms with Gasteiger partial charge in [-0.1, -0.05) is 5.16 Å². The summed E-state index contributed by atoms with van der Waals surface area (Å²) in [6.45, 7) is 1.22. The first-order valence-electron chi connectivity index (χ1n) is 5.91. The molecule has 1 aromatic heterocycles. The molecule has 0 aliphatic rings. The first-order valence-corrected chi connectivity index (χ1v) is 6.85.